The van der Waals surface area contributed by atoms with Crippen molar-refractivity contribution in [1.82, 2.24) is 5.32 Å². The minimum absolute atomic E-state index is 0.00374. The van der Waals surface area contributed by atoms with Crippen LogP contribution in [0.15, 0.2) is 23.1 Å². The molecule has 5 heteroatoms. The Morgan fingerprint density at radius 3 is 2.82 bits per heavy atom. The molecule has 3 atom stereocenters. The Morgan fingerprint density at radius 2 is 2.05 bits per heavy atom. The SMILES string of the molecule is CC1Sc2ccc(C(=O)NC3CCCCC3C)cc2NC1=O. The van der Waals surface area contributed by atoms with Gasteiger partial charge in [0.05, 0.1) is 10.9 Å². The number of hydrogen-bond donors (Lipinski definition) is 2. The summed E-state index contributed by atoms with van der Waals surface area (Å²) in [7, 11) is 0. The Balaban J connectivity index is 1.73. The lowest BCUT2D eigenvalue weighted by Crippen LogP contribution is -2.41. The van der Waals surface area contributed by atoms with Gasteiger partial charge in [0.1, 0.15) is 0 Å². The van der Waals surface area contributed by atoms with Gasteiger partial charge in [0.15, 0.2) is 0 Å². The number of nitrogens with one attached hydrogen (secondary N) is 2. The number of carbonyl (C=O) groups is 2. The lowest BCUT2D eigenvalue weighted by atomic mass is 9.86. The van der Waals surface area contributed by atoms with Crippen LogP contribution in [0.25, 0.3) is 0 Å². The quantitative estimate of drug-likeness (QED) is 0.878. The normalized spacial score (nSPS) is 27.7. The summed E-state index contributed by atoms with van der Waals surface area (Å²) < 4.78 is 0. The van der Waals surface area contributed by atoms with E-state index in [0.717, 1.165) is 17.0 Å². The minimum Gasteiger partial charge on any atom is -0.349 e. The third-order valence-corrected chi connectivity index (χ3v) is 5.78. The highest BCUT2D eigenvalue weighted by atomic mass is 32.2. The summed E-state index contributed by atoms with van der Waals surface area (Å²) >= 11 is 1.53. The van der Waals surface area contributed by atoms with Gasteiger partial charge >= 0.3 is 0 Å². The molecule has 0 bridgehead atoms. The van der Waals surface area contributed by atoms with Gasteiger partial charge in [-0.2, -0.15) is 0 Å². The van der Waals surface area contributed by atoms with Gasteiger partial charge in [-0.3, -0.25) is 9.59 Å². The second-order valence-corrected chi connectivity index (χ2v) is 7.68. The zero-order chi connectivity index (χ0) is 15.7. The number of anilines is 1. The highest BCUT2D eigenvalue weighted by molar-refractivity contribution is 8.00. The van der Waals surface area contributed by atoms with Crippen molar-refractivity contribution in [3.05, 3.63) is 23.8 Å². The molecule has 2 amide bonds. The van der Waals surface area contributed by atoms with Gasteiger partial charge in [-0.05, 0) is 43.9 Å². The first kappa shape index (κ1) is 15.4. The summed E-state index contributed by atoms with van der Waals surface area (Å²) in [4.78, 5) is 25.2. The standard InChI is InChI=1S/C17H22N2O2S/c1-10-5-3-4-6-13(10)18-17(21)12-7-8-15-14(9-12)19-16(20)11(2)22-15/h7-11,13H,3-6H2,1-2H3,(H,18,21)(H,19,20). The predicted octanol–water partition coefficient (Wildman–Crippen LogP) is 3.43. The average molecular weight is 318 g/mol. The van der Waals surface area contributed by atoms with Crippen LogP contribution < -0.4 is 10.6 Å². The van der Waals surface area contributed by atoms with Gasteiger partial charge in [-0.1, -0.05) is 19.8 Å². The molecule has 0 spiro atoms. The number of hydrogen-bond acceptors (Lipinski definition) is 3. The molecule has 2 aliphatic rings. The van der Waals surface area contributed by atoms with Gasteiger partial charge in [-0.15, -0.1) is 11.8 Å². The second-order valence-electron chi connectivity index (χ2n) is 6.30. The lowest BCUT2D eigenvalue weighted by Gasteiger charge is -2.29. The zero-order valence-corrected chi connectivity index (χ0v) is 13.8. The fraction of sp³-hybridized carbons (Fsp3) is 0.529. The molecule has 3 rings (SSSR count). The molecular weight excluding hydrogens is 296 g/mol. The molecule has 1 saturated carbocycles. The Kier molecular flexibility index (Phi) is 4.43. The van der Waals surface area contributed by atoms with E-state index in [9.17, 15) is 9.59 Å². The van der Waals surface area contributed by atoms with Crippen molar-refractivity contribution in [3.8, 4) is 0 Å². The molecule has 1 aliphatic heterocycles. The summed E-state index contributed by atoms with van der Waals surface area (Å²) in [5.74, 6) is 0.488. The summed E-state index contributed by atoms with van der Waals surface area (Å²) in [6.45, 7) is 4.09. The van der Waals surface area contributed by atoms with Crippen molar-refractivity contribution in [3.63, 3.8) is 0 Å². The molecule has 118 valence electrons. The molecule has 1 aliphatic carbocycles. The maximum absolute atomic E-state index is 12.5. The Bertz CT molecular complexity index is 602. The molecule has 1 aromatic carbocycles. The van der Waals surface area contributed by atoms with Crippen LogP contribution >= 0.6 is 11.8 Å². The number of amides is 2. The van der Waals surface area contributed by atoms with E-state index < -0.39 is 0 Å². The summed E-state index contributed by atoms with van der Waals surface area (Å²) in [6.07, 6.45) is 4.68. The lowest BCUT2D eigenvalue weighted by molar-refractivity contribution is -0.115. The molecule has 0 aromatic heterocycles. The zero-order valence-electron chi connectivity index (χ0n) is 13.0. The average Bonchev–Trinajstić information content (AvgIpc) is 2.50. The van der Waals surface area contributed by atoms with Crippen LogP contribution in [0.5, 0.6) is 0 Å². The first-order valence-corrected chi connectivity index (χ1v) is 8.85. The van der Waals surface area contributed by atoms with Crippen LogP contribution in [-0.4, -0.2) is 23.1 Å². The van der Waals surface area contributed by atoms with Crippen molar-refractivity contribution in [2.24, 2.45) is 5.92 Å². The van der Waals surface area contributed by atoms with E-state index in [1.165, 1.54) is 31.0 Å². The van der Waals surface area contributed by atoms with Crippen molar-refractivity contribution in [2.45, 2.75) is 55.7 Å². The monoisotopic (exact) mass is 318 g/mol. The van der Waals surface area contributed by atoms with E-state index >= 15 is 0 Å². The largest absolute Gasteiger partial charge is 0.349 e. The van der Waals surface area contributed by atoms with Crippen LogP contribution in [0.1, 0.15) is 49.9 Å². The van der Waals surface area contributed by atoms with Crippen LogP contribution in [0.3, 0.4) is 0 Å². The van der Waals surface area contributed by atoms with Gasteiger partial charge in [0.2, 0.25) is 5.91 Å². The molecule has 0 saturated heterocycles. The fourth-order valence-electron chi connectivity index (χ4n) is 3.13. The van der Waals surface area contributed by atoms with E-state index in [0.29, 0.717) is 11.5 Å². The number of benzene rings is 1. The third-order valence-electron chi connectivity index (χ3n) is 4.60. The number of fused-ring (bicyclic) bond motifs is 1. The molecule has 22 heavy (non-hydrogen) atoms. The second kappa shape index (κ2) is 6.32. The first-order valence-electron chi connectivity index (χ1n) is 7.97. The van der Waals surface area contributed by atoms with E-state index in [1.54, 1.807) is 6.07 Å². The molecule has 1 fully saturated rings. The molecule has 2 N–H and O–H groups in total. The van der Waals surface area contributed by atoms with Gasteiger partial charge in [0, 0.05) is 16.5 Å². The molecule has 1 heterocycles. The van der Waals surface area contributed by atoms with Crippen molar-refractivity contribution in [2.75, 3.05) is 5.32 Å². The van der Waals surface area contributed by atoms with Crippen LogP contribution in [0, 0.1) is 5.92 Å². The highest BCUT2D eigenvalue weighted by Crippen LogP contribution is 2.36. The van der Waals surface area contributed by atoms with Crippen molar-refractivity contribution in [1.29, 1.82) is 0 Å². The fourth-order valence-corrected chi connectivity index (χ4v) is 4.06. The van der Waals surface area contributed by atoms with Crippen LogP contribution in [-0.2, 0) is 4.79 Å². The summed E-state index contributed by atoms with van der Waals surface area (Å²) in [5, 5.41) is 5.94. The Labute approximate surface area is 135 Å². The van der Waals surface area contributed by atoms with E-state index in [-0.39, 0.29) is 23.1 Å². The summed E-state index contributed by atoms with van der Waals surface area (Å²) in [6, 6.07) is 5.82. The number of rotatable bonds is 2. The van der Waals surface area contributed by atoms with E-state index in [1.807, 2.05) is 19.1 Å². The van der Waals surface area contributed by atoms with Crippen LogP contribution in [0.4, 0.5) is 5.69 Å². The molecule has 3 unspecified atom stereocenters. The maximum atomic E-state index is 12.5. The Hall–Kier alpha value is -1.49. The number of carbonyl (C=O) groups excluding carboxylic acids is 2. The van der Waals surface area contributed by atoms with E-state index in [2.05, 4.69) is 17.6 Å². The smallest absolute Gasteiger partial charge is 0.251 e. The predicted molar refractivity (Wildman–Crippen MR) is 89.3 cm³/mol. The van der Waals surface area contributed by atoms with Crippen molar-refractivity contribution >= 4 is 29.3 Å². The van der Waals surface area contributed by atoms with E-state index in [4.69, 9.17) is 0 Å². The molecular formula is C17H22N2O2S. The highest BCUT2D eigenvalue weighted by Gasteiger charge is 2.26. The molecule has 4 nitrogen and oxygen atoms in total. The number of thioether (sulfide) groups is 1. The Morgan fingerprint density at radius 1 is 1.27 bits per heavy atom. The maximum Gasteiger partial charge on any atom is 0.251 e. The van der Waals surface area contributed by atoms with Gasteiger partial charge in [-0.25, -0.2) is 0 Å². The third kappa shape index (κ3) is 3.14. The first-order chi connectivity index (χ1) is 10.5. The topological polar surface area (TPSA) is 58.2 Å². The minimum atomic E-state index is -0.0877. The molecule has 1 aromatic rings. The molecule has 0 radical (unpaired) electrons. The van der Waals surface area contributed by atoms with Gasteiger partial charge in [0.25, 0.3) is 5.91 Å². The van der Waals surface area contributed by atoms with Crippen LogP contribution in [0.2, 0.25) is 0 Å². The van der Waals surface area contributed by atoms with Crippen molar-refractivity contribution < 1.29 is 9.59 Å². The van der Waals surface area contributed by atoms with Gasteiger partial charge < -0.3 is 10.6 Å². The summed E-state index contributed by atoms with van der Waals surface area (Å²) in [5.41, 5.74) is 1.37.